The van der Waals surface area contributed by atoms with Gasteiger partial charge in [0.25, 0.3) is 0 Å². The molecule has 0 unspecified atom stereocenters. The van der Waals surface area contributed by atoms with Crippen LogP contribution in [0.5, 0.6) is 0 Å². The van der Waals surface area contributed by atoms with E-state index in [4.69, 9.17) is 4.74 Å². The molecule has 0 aromatic carbocycles. The first-order valence-electron chi connectivity index (χ1n) is 6.53. The summed E-state index contributed by atoms with van der Waals surface area (Å²) in [6, 6.07) is 0. The normalized spacial score (nSPS) is 16.7. The van der Waals surface area contributed by atoms with Gasteiger partial charge in [-0.25, -0.2) is 0 Å². The molecule has 0 aromatic heterocycles. The van der Waals surface area contributed by atoms with Crippen LogP contribution in [0.3, 0.4) is 0 Å². The fourth-order valence-corrected chi connectivity index (χ4v) is 2.23. The molecule has 0 amide bonds. The van der Waals surface area contributed by atoms with E-state index < -0.39 is 0 Å². The van der Waals surface area contributed by atoms with E-state index in [1.807, 2.05) is 20.8 Å². The van der Waals surface area contributed by atoms with Crippen LogP contribution in [0.15, 0.2) is 0 Å². The number of rotatable bonds is 4. The number of carbonyl (C=O) groups is 1. The molecule has 0 aliphatic heterocycles. The summed E-state index contributed by atoms with van der Waals surface area (Å²) in [6.45, 7) is 10.1. The monoisotopic (exact) mass is 258 g/mol. The molecule has 0 aromatic rings. The third-order valence-electron chi connectivity index (χ3n) is 4.13. The Morgan fingerprint density at radius 2 is 1.56 bits per heavy atom. The molecule has 0 atom stereocenters. The van der Waals surface area contributed by atoms with Crippen molar-refractivity contribution in [3.63, 3.8) is 0 Å². The zero-order valence-electron chi connectivity index (χ0n) is 11.4. The molecule has 2 heteroatoms. The summed E-state index contributed by atoms with van der Waals surface area (Å²) in [5, 5.41) is 0. The van der Waals surface area contributed by atoms with Gasteiger partial charge < -0.3 is 4.74 Å². The maximum atomic E-state index is 12.0. The van der Waals surface area contributed by atoms with Crippen LogP contribution in [0.25, 0.3) is 0 Å². The van der Waals surface area contributed by atoms with Gasteiger partial charge in [-0.15, -0.1) is 0 Å². The van der Waals surface area contributed by atoms with E-state index in [1.54, 1.807) is 0 Å². The highest BCUT2D eigenvalue weighted by molar-refractivity contribution is 5.76. The summed E-state index contributed by atoms with van der Waals surface area (Å²) < 4.78 is 5.74. The average Bonchev–Trinajstić information content (AvgIpc) is 2.70. The standard InChI is InChI=1S/C14H26O2.2CH4/c1-6-13(2,3)12(15)16-14(4,5)11-9-7-8-10-11;;/h11H,6-10H2,1-5H3;2*1H4. The topological polar surface area (TPSA) is 26.3 Å². The number of hydrogen-bond donors (Lipinski definition) is 0. The highest BCUT2D eigenvalue weighted by Crippen LogP contribution is 2.37. The second kappa shape index (κ2) is 7.16. The highest BCUT2D eigenvalue weighted by atomic mass is 16.6. The van der Waals surface area contributed by atoms with Gasteiger partial charge in [0, 0.05) is 0 Å². The van der Waals surface area contributed by atoms with Crippen LogP contribution >= 0.6 is 0 Å². The van der Waals surface area contributed by atoms with Crippen molar-refractivity contribution in [2.75, 3.05) is 0 Å². The van der Waals surface area contributed by atoms with Gasteiger partial charge in [0.05, 0.1) is 5.41 Å². The first-order valence-corrected chi connectivity index (χ1v) is 6.53. The van der Waals surface area contributed by atoms with Crippen molar-refractivity contribution in [1.82, 2.24) is 0 Å². The Bertz CT molecular complexity index is 248. The molecule has 0 spiro atoms. The van der Waals surface area contributed by atoms with Crippen molar-refractivity contribution in [1.29, 1.82) is 0 Å². The Hall–Kier alpha value is -0.530. The van der Waals surface area contributed by atoms with Crippen molar-refractivity contribution >= 4 is 5.97 Å². The largest absolute Gasteiger partial charge is 0.459 e. The zero-order valence-corrected chi connectivity index (χ0v) is 11.4. The van der Waals surface area contributed by atoms with Crippen molar-refractivity contribution in [2.24, 2.45) is 11.3 Å². The molecule has 2 nitrogen and oxygen atoms in total. The van der Waals surface area contributed by atoms with Crippen LogP contribution in [0, 0.1) is 11.3 Å². The summed E-state index contributed by atoms with van der Waals surface area (Å²) in [4.78, 5) is 12.0. The Morgan fingerprint density at radius 1 is 1.11 bits per heavy atom. The van der Waals surface area contributed by atoms with Crippen molar-refractivity contribution in [3.05, 3.63) is 0 Å². The van der Waals surface area contributed by atoms with Crippen LogP contribution in [-0.2, 0) is 9.53 Å². The number of hydrogen-bond acceptors (Lipinski definition) is 2. The van der Waals surface area contributed by atoms with Crippen LogP contribution in [-0.4, -0.2) is 11.6 Å². The summed E-state index contributed by atoms with van der Waals surface area (Å²) >= 11 is 0. The minimum atomic E-state index is -0.351. The summed E-state index contributed by atoms with van der Waals surface area (Å²) in [5.74, 6) is 0.496. The molecule has 1 aliphatic rings. The van der Waals surface area contributed by atoms with Crippen molar-refractivity contribution < 1.29 is 9.53 Å². The minimum Gasteiger partial charge on any atom is -0.459 e. The minimum absolute atomic E-state index is 0. The van der Waals surface area contributed by atoms with E-state index in [2.05, 4.69) is 13.8 Å². The van der Waals surface area contributed by atoms with E-state index >= 15 is 0 Å². The molecule has 0 heterocycles. The molecule has 0 bridgehead atoms. The Balaban J connectivity index is 0. The smallest absolute Gasteiger partial charge is 0.312 e. The lowest BCUT2D eigenvalue weighted by molar-refractivity contribution is -0.172. The quantitative estimate of drug-likeness (QED) is 0.647. The van der Waals surface area contributed by atoms with Crippen LogP contribution in [0.4, 0.5) is 0 Å². The van der Waals surface area contributed by atoms with Crippen LogP contribution < -0.4 is 0 Å². The van der Waals surface area contributed by atoms with Gasteiger partial charge in [-0.05, 0) is 52.9 Å². The van der Waals surface area contributed by atoms with Gasteiger partial charge in [0.1, 0.15) is 5.60 Å². The molecular weight excluding hydrogens is 224 g/mol. The fourth-order valence-electron chi connectivity index (χ4n) is 2.23. The zero-order chi connectivity index (χ0) is 12.4. The summed E-state index contributed by atoms with van der Waals surface area (Å²) in [5.41, 5.74) is -0.643. The highest BCUT2D eigenvalue weighted by Gasteiger charge is 2.38. The first kappa shape index (κ1) is 19.8. The fraction of sp³-hybridized carbons (Fsp3) is 0.938. The SMILES string of the molecule is C.C.CCC(C)(C)C(=O)OC(C)(C)C1CCCC1. The lowest BCUT2D eigenvalue weighted by Gasteiger charge is -2.34. The van der Waals surface area contributed by atoms with E-state index in [0.717, 1.165) is 6.42 Å². The maximum absolute atomic E-state index is 12.0. The first-order chi connectivity index (χ1) is 7.29. The van der Waals surface area contributed by atoms with Gasteiger partial charge in [-0.3, -0.25) is 4.79 Å². The third kappa shape index (κ3) is 4.62. The molecular formula is C16H34O2. The number of carbonyl (C=O) groups excluding carboxylic acids is 1. The molecule has 0 saturated heterocycles. The van der Waals surface area contributed by atoms with E-state index in [-0.39, 0.29) is 31.8 Å². The molecule has 0 N–H and O–H groups in total. The number of esters is 1. The predicted octanol–water partition coefficient (Wildman–Crippen LogP) is 5.21. The number of ether oxygens (including phenoxy) is 1. The summed E-state index contributed by atoms with van der Waals surface area (Å²) in [7, 11) is 0. The van der Waals surface area contributed by atoms with Gasteiger partial charge >= 0.3 is 5.97 Å². The molecule has 110 valence electrons. The Kier molecular flexibility index (Phi) is 7.87. The maximum Gasteiger partial charge on any atom is 0.312 e. The molecule has 0 radical (unpaired) electrons. The van der Waals surface area contributed by atoms with Gasteiger partial charge in [-0.1, -0.05) is 34.6 Å². The lowest BCUT2D eigenvalue weighted by Crippen LogP contribution is -2.39. The third-order valence-corrected chi connectivity index (χ3v) is 4.13. The molecule has 1 aliphatic carbocycles. The van der Waals surface area contributed by atoms with Crippen molar-refractivity contribution in [2.45, 2.75) is 87.2 Å². The van der Waals surface area contributed by atoms with Crippen molar-refractivity contribution in [3.8, 4) is 0 Å². The lowest BCUT2D eigenvalue weighted by atomic mass is 9.87. The Morgan fingerprint density at radius 3 is 1.94 bits per heavy atom. The second-order valence-corrected chi connectivity index (χ2v) is 6.21. The molecule has 1 saturated carbocycles. The molecule has 1 fully saturated rings. The van der Waals surface area contributed by atoms with E-state index in [1.165, 1.54) is 25.7 Å². The van der Waals surface area contributed by atoms with Crippen LogP contribution in [0.1, 0.15) is 81.6 Å². The average molecular weight is 258 g/mol. The van der Waals surface area contributed by atoms with Gasteiger partial charge in [0.15, 0.2) is 0 Å². The summed E-state index contributed by atoms with van der Waals surface area (Å²) in [6.07, 6.45) is 5.79. The second-order valence-electron chi connectivity index (χ2n) is 6.21. The van der Waals surface area contributed by atoms with E-state index in [9.17, 15) is 4.79 Å². The van der Waals surface area contributed by atoms with Gasteiger partial charge in [-0.2, -0.15) is 0 Å². The molecule has 18 heavy (non-hydrogen) atoms. The Labute approximate surface area is 114 Å². The van der Waals surface area contributed by atoms with Crippen LogP contribution in [0.2, 0.25) is 0 Å². The van der Waals surface area contributed by atoms with E-state index in [0.29, 0.717) is 5.92 Å². The molecule has 1 rings (SSSR count). The van der Waals surface area contributed by atoms with Gasteiger partial charge in [0.2, 0.25) is 0 Å². The predicted molar refractivity (Wildman–Crippen MR) is 79.7 cm³/mol.